The third kappa shape index (κ3) is 2.76. The number of amides is 1. The normalized spacial score (nSPS) is 12.5. The van der Waals surface area contributed by atoms with Crippen LogP contribution >= 0.6 is 11.3 Å². The molecule has 0 radical (unpaired) electrons. The smallest absolute Gasteiger partial charge is 0.229 e. The summed E-state index contributed by atoms with van der Waals surface area (Å²) >= 11 is 1.72. The topological polar surface area (TPSA) is 46.3 Å². The second-order valence-corrected chi connectivity index (χ2v) is 6.75. The zero-order valence-electron chi connectivity index (χ0n) is 12.9. The van der Waals surface area contributed by atoms with Crippen LogP contribution in [0.15, 0.2) is 40.9 Å². The molecule has 3 rings (SSSR count). The van der Waals surface area contributed by atoms with Crippen LogP contribution in [0.3, 0.4) is 0 Å². The third-order valence-corrected chi connectivity index (χ3v) is 5.09. The van der Waals surface area contributed by atoms with Gasteiger partial charge < -0.3 is 9.42 Å². The third-order valence-electron chi connectivity index (χ3n) is 3.92. The van der Waals surface area contributed by atoms with Crippen molar-refractivity contribution in [3.05, 3.63) is 51.8 Å². The van der Waals surface area contributed by atoms with Crippen molar-refractivity contribution in [3.63, 3.8) is 0 Å². The molecule has 1 atom stereocenters. The molecule has 0 saturated carbocycles. The van der Waals surface area contributed by atoms with Crippen LogP contribution < -0.4 is 0 Å². The van der Waals surface area contributed by atoms with Gasteiger partial charge in [-0.3, -0.25) is 4.79 Å². The predicted molar refractivity (Wildman–Crippen MR) is 88.0 cm³/mol. The fourth-order valence-electron chi connectivity index (χ4n) is 2.42. The fourth-order valence-corrected chi connectivity index (χ4v) is 3.39. The number of aromatic nitrogens is 1. The van der Waals surface area contributed by atoms with Crippen LogP contribution in [0, 0.1) is 6.92 Å². The molecule has 114 valence electrons. The summed E-state index contributed by atoms with van der Waals surface area (Å²) in [5.41, 5.74) is 1.41. The fraction of sp³-hybridized carbons (Fsp3) is 0.294. The number of para-hydroxylation sites is 1. The van der Waals surface area contributed by atoms with Crippen molar-refractivity contribution in [1.29, 1.82) is 0 Å². The first-order valence-electron chi connectivity index (χ1n) is 7.21. The minimum atomic E-state index is 0.0395. The molecule has 1 aromatic carbocycles. The number of carbonyl (C=O) groups is 1. The standard InChI is InChI=1S/C17H18N2O2S/c1-11-8-9-16(22-11)12(2)19(3)17(20)10-14-13-6-4-5-7-15(13)21-18-14/h4-9,12H,10H2,1-3H3. The van der Waals surface area contributed by atoms with Gasteiger partial charge in [0, 0.05) is 22.2 Å². The van der Waals surface area contributed by atoms with Crippen LogP contribution in [0.25, 0.3) is 11.0 Å². The first kappa shape index (κ1) is 14.8. The number of thiophene rings is 1. The highest BCUT2D eigenvalue weighted by Gasteiger charge is 2.21. The lowest BCUT2D eigenvalue weighted by molar-refractivity contribution is -0.131. The molecule has 0 aliphatic rings. The van der Waals surface area contributed by atoms with Crippen molar-refractivity contribution in [1.82, 2.24) is 10.1 Å². The van der Waals surface area contributed by atoms with Crippen molar-refractivity contribution in [2.75, 3.05) is 7.05 Å². The maximum absolute atomic E-state index is 12.5. The maximum Gasteiger partial charge on any atom is 0.229 e. The monoisotopic (exact) mass is 314 g/mol. The Kier molecular flexibility index (Phi) is 3.98. The summed E-state index contributed by atoms with van der Waals surface area (Å²) in [4.78, 5) is 16.7. The Bertz CT molecular complexity index is 806. The van der Waals surface area contributed by atoms with Crippen LogP contribution in [0.2, 0.25) is 0 Å². The zero-order chi connectivity index (χ0) is 15.7. The van der Waals surface area contributed by atoms with Crippen molar-refractivity contribution >= 4 is 28.2 Å². The summed E-state index contributed by atoms with van der Waals surface area (Å²) in [7, 11) is 1.84. The molecule has 1 amide bonds. The van der Waals surface area contributed by atoms with E-state index in [-0.39, 0.29) is 18.4 Å². The van der Waals surface area contributed by atoms with Crippen LogP contribution in [-0.2, 0) is 11.2 Å². The number of aryl methyl sites for hydroxylation is 1. The second kappa shape index (κ2) is 5.93. The molecule has 0 saturated heterocycles. The number of benzene rings is 1. The first-order chi connectivity index (χ1) is 10.6. The lowest BCUT2D eigenvalue weighted by Crippen LogP contribution is -2.30. The highest BCUT2D eigenvalue weighted by molar-refractivity contribution is 7.12. The van der Waals surface area contributed by atoms with E-state index in [1.54, 1.807) is 16.2 Å². The molecule has 2 heterocycles. The van der Waals surface area contributed by atoms with Gasteiger partial charge >= 0.3 is 0 Å². The minimum absolute atomic E-state index is 0.0395. The summed E-state index contributed by atoms with van der Waals surface area (Å²) in [6, 6.07) is 11.8. The first-order valence-corrected chi connectivity index (χ1v) is 8.03. The van der Waals surface area contributed by atoms with Gasteiger partial charge in [-0.1, -0.05) is 17.3 Å². The van der Waals surface area contributed by atoms with E-state index in [4.69, 9.17) is 4.52 Å². The average molecular weight is 314 g/mol. The van der Waals surface area contributed by atoms with Gasteiger partial charge in [0.15, 0.2) is 5.58 Å². The number of fused-ring (bicyclic) bond motifs is 1. The molecule has 0 aliphatic heterocycles. The quantitative estimate of drug-likeness (QED) is 0.732. The molecular formula is C17H18N2O2S. The van der Waals surface area contributed by atoms with E-state index in [1.807, 2.05) is 38.2 Å². The van der Waals surface area contributed by atoms with Crippen molar-refractivity contribution in [2.45, 2.75) is 26.3 Å². The Morgan fingerprint density at radius 1 is 1.32 bits per heavy atom. The number of rotatable bonds is 4. The van der Waals surface area contributed by atoms with E-state index >= 15 is 0 Å². The molecular weight excluding hydrogens is 296 g/mol. The van der Waals surface area contributed by atoms with E-state index in [9.17, 15) is 4.79 Å². The van der Waals surface area contributed by atoms with Gasteiger partial charge in [-0.15, -0.1) is 11.3 Å². The largest absolute Gasteiger partial charge is 0.356 e. The van der Waals surface area contributed by atoms with Crippen molar-refractivity contribution < 1.29 is 9.32 Å². The van der Waals surface area contributed by atoms with Gasteiger partial charge in [-0.25, -0.2) is 0 Å². The number of carbonyl (C=O) groups excluding carboxylic acids is 1. The highest BCUT2D eigenvalue weighted by Crippen LogP contribution is 2.27. The number of likely N-dealkylation sites (N-methyl/N-ethyl adjacent to an activating group) is 1. The molecule has 1 unspecified atom stereocenters. The Morgan fingerprint density at radius 2 is 2.09 bits per heavy atom. The van der Waals surface area contributed by atoms with Crippen LogP contribution in [0.4, 0.5) is 0 Å². The van der Waals surface area contributed by atoms with Crippen molar-refractivity contribution in [2.24, 2.45) is 0 Å². The number of hydrogen-bond donors (Lipinski definition) is 0. The SMILES string of the molecule is Cc1ccc(C(C)N(C)C(=O)Cc2noc3ccccc23)s1. The summed E-state index contributed by atoms with van der Waals surface area (Å²) in [6.45, 7) is 4.12. The van der Waals surface area contributed by atoms with Crippen LogP contribution in [0.1, 0.15) is 28.4 Å². The van der Waals surface area contributed by atoms with E-state index in [0.717, 1.165) is 11.0 Å². The van der Waals surface area contributed by atoms with Gasteiger partial charge in [-0.2, -0.15) is 0 Å². The Morgan fingerprint density at radius 3 is 2.82 bits per heavy atom. The molecule has 0 fully saturated rings. The van der Waals surface area contributed by atoms with Gasteiger partial charge in [0.1, 0.15) is 5.69 Å². The molecule has 0 aliphatic carbocycles. The Hall–Kier alpha value is -2.14. The van der Waals surface area contributed by atoms with Crippen LogP contribution in [-0.4, -0.2) is 23.0 Å². The summed E-state index contributed by atoms with van der Waals surface area (Å²) in [5, 5.41) is 4.94. The molecule has 3 aromatic rings. The maximum atomic E-state index is 12.5. The van der Waals surface area contributed by atoms with Gasteiger partial charge in [0.2, 0.25) is 5.91 Å². The van der Waals surface area contributed by atoms with Gasteiger partial charge in [0.25, 0.3) is 0 Å². The summed E-state index contributed by atoms with van der Waals surface area (Å²) < 4.78 is 5.26. The van der Waals surface area contributed by atoms with Crippen molar-refractivity contribution in [3.8, 4) is 0 Å². The second-order valence-electron chi connectivity index (χ2n) is 5.43. The summed E-state index contributed by atoms with van der Waals surface area (Å²) in [5.74, 6) is 0.0395. The molecule has 0 N–H and O–H groups in total. The molecule has 0 spiro atoms. The Balaban J connectivity index is 1.76. The molecule has 22 heavy (non-hydrogen) atoms. The number of hydrogen-bond acceptors (Lipinski definition) is 4. The lowest BCUT2D eigenvalue weighted by atomic mass is 10.1. The molecule has 2 aromatic heterocycles. The highest BCUT2D eigenvalue weighted by atomic mass is 32.1. The minimum Gasteiger partial charge on any atom is -0.356 e. The molecule has 4 nitrogen and oxygen atoms in total. The zero-order valence-corrected chi connectivity index (χ0v) is 13.7. The lowest BCUT2D eigenvalue weighted by Gasteiger charge is -2.23. The molecule has 0 bridgehead atoms. The van der Waals surface area contributed by atoms with E-state index in [1.165, 1.54) is 9.75 Å². The predicted octanol–water partition coefficient (Wildman–Crippen LogP) is 3.96. The van der Waals surface area contributed by atoms with Crippen LogP contribution in [0.5, 0.6) is 0 Å². The van der Waals surface area contributed by atoms with E-state index in [2.05, 4.69) is 24.2 Å². The van der Waals surface area contributed by atoms with E-state index in [0.29, 0.717) is 5.69 Å². The van der Waals surface area contributed by atoms with E-state index < -0.39 is 0 Å². The van der Waals surface area contributed by atoms with Gasteiger partial charge in [-0.05, 0) is 38.1 Å². The number of nitrogens with zero attached hydrogens (tertiary/aromatic N) is 2. The molecule has 5 heteroatoms. The Labute approximate surface area is 133 Å². The summed E-state index contributed by atoms with van der Waals surface area (Å²) in [6.07, 6.45) is 0.252. The van der Waals surface area contributed by atoms with Gasteiger partial charge in [0.05, 0.1) is 12.5 Å². The average Bonchev–Trinajstić information content (AvgIpc) is 3.13.